The highest BCUT2D eigenvalue weighted by Gasteiger charge is 2.30. The first-order valence-corrected chi connectivity index (χ1v) is 7.42. The molecule has 0 fully saturated rings. The van der Waals surface area contributed by atoms with Crippen molar-refractivity contribution in [2.45, 2.75) is 0 Å². The number of rotatable bonds is 4. The molecule has 7 nitrogen and oxygen atoms in total. The van der Waals surface area contributed by atoms with E-state index in [2.05, 4.69) is 13.5 Å². The van der Waals surface area contributed by atoms with Gasteiger partial charge in [-0.05, 0) is 0 Å². The highest BCUT2D eigenvalue weighted by atomic mass is 31.3. The second-order valence-corrected chi connectivity index (χ2v) is 7.82. The van der Waals surface area contributed by atoms with E-state index in [-0.39, 0.29) is 0 Å². The largest absolute Gasteiger partial charge is 0.349 e. The maximum atomic E-state index is 5.14. The standard InChI is InChI=1S/C4H12N3O4P3/c1-8-13(9-2)5-12-6-14(7-13,10-3)11-4/h1-4H3. The summed E-state index contributed by atoms with van der Waals surface area (Å²) in [5.41, 5.74) is 0. The van der Waals surface area contributed by atoms with Crippen LogP contribution in [0.2, 0.25) is 0 Å². The van der Waals surface area contributed by atoms with Gasteiger partial charge in [0, 0.05) is 28.4 Å². The molecular weight excluding hydrogens is 247 g/mol. The SMILES string of the molecule is COP1(OC)=NP=NP(OC)(OC)=N1. The Morgan fingerprint density at radius 1 is 0.857 bits per heavy atom. The molecule has 0 spiro atoms. The number of hydrogen-bond acceptors (Lipinski definition) is 7. The Labute approximate surface area is 84.6 Å². The molecule has 0 unspecified atom stereocenters. The molecule has 1 aliphatic rings. The van der Waals surface area contributed by atoms with Gasteiger partial charge >= 0.3 is 15.3 Å². The Morgan fingerprint density at radius 2 is 1.36 bits per heavy atom. The van der Waals surface area contributed by atoms with E-state index in [1.807, 2.05) is 0 Å². The third kappa shape index (κ3) is 2.31. The van der Waals surface area contributed by atoms with E-state index in [9.17, 15) is 0 Å². The van der Waals surface area contributed by atoms with E-state index in [0.29, 0.717) is 8.52 Å². The van der Waals surface area contributed by atoms with Crippen molar-refractivity contribution in [3.05, 3.63) is 0 Å². The lowest BCUT2D eigenvalue weighted by molar-refractivity contribution is 0.314. The van der Waals surface area contributed by atoms with Crippen molar-refractivity contribution in [2.24, 2.45) is 13.5 Å². The average molecular weight is 259 g/mol. The third-order valence-electron chi connectivity index (χ3n) is 1.48. The zero-order valence-corrected chi connectivity index (χ0v) is 11.0. The molecule has 0 saturated heterocycles. The van der Waals surface area contributed by atoms with Crippen LogP contribution in [0.4, 0.5) is 0 Å². The fourth-order valence-corrected chi connectivity index (χ4v) is 6.72. The quantitative estimate of drug-likeness (QED) is 0.724. The first kappa shape index (κ1) is 12.5. The highest BCUT2D eigenvalue weighted by Crippen LogP contribution is 2.70. The molecular formula is C4H12N3O4P3. The van der Waals surface area contributed by atoms with E-state index in [1.165, 1.54) is 28.4 Å². The second kappa shape index (κ2) is 4.95. The zero-order chi connectivity index (χ0) is 10.7. The third-order valence-corrected chi connectivity index (χ3v) is 7.64. The van der Waals surface area contributed by atoms with Crippen molar-refractivity contribution < 1.29 is 18.1 Å². The molecule has 0 amide bonds. The summed E-state index contributed by atoms with van der Waals surface area (Å²) < 4.78 is 32.9. The molecule has 82 valence electrons. The summed E-state index contributed by atoms with van der Waals surface area (Å²) in [7, 11) is 1.31. The van der Waals surface area contributed by atoms with Crippen LogP contribution in [0.15, 0.2) is 13.5 Å². The zero-order valence-electron chi connectivity index (χ0n) is 8.32. The minimum Gasteiger partial charge on any atom is -0.309 e. The van der Waals surface area contributed by atoms with Gasteiger partial charge in [-0.1, -0.05) is 0 Å². The Balaban J connectivity index is 3.22. The van der Waals surface area contributed by atoms with Gasteiger partial charge in [-0.2, -0.15) is 9.03 Å². The normalized spacial score (nSPS) is 23.7. The lowest BCUT2D eigenvalue weighted by atomic mass is 11.8. The Morgan fingerprint density at radius 3 is 1.79 bits per heavy atom. The summed E-state index contributed by atoms with van der Waals surface area (Å²) in [4.78, 5) is 0. The van der Waals surface area contributed by atoms with Crippen LogP contribution in [-0.2, 0) is 18.1 Å². The van der Waals surface area contributed by atoms with Gasteiger partial charge in [0.1, 0.15) is 0 Å². The van der Waals surface area contributed by atoms with Crippen molar-refractivity contribution in [3.63, 3.8) is 0 Å². The van der Waals surface area contributed by atoms with Gasteiger partial charge in [-0.25, -0.2) is 0 Å². The van der Waals surface area contributed by atoms with Crippen LogP contribution in [0.5, 0.6) is 0 Å². The van der Waals surface area contributed by atoms with Crippen molar-refractivity contribution in [1.82, 2.24) is 0 Å². The van der Waals surface area contributed by atoms with Gasteiger partial charge in [0.15, 0.2) is 8.52 Å². The molecule has 0 N–H and O–H groups in total. The predicted molar refractivity (Wildman–Crippen MR) is 56.1 cm³/mol. The fourth-order valence-electron chi connectivity index (χ4n) is 0.739. The minimum absolute atomic E-state index is 0.474. The van der Waals surface area contributed by atoms with Gasteiger partial charge < -0.3 is 18.1 Å². The molecule has 14 heavy (non-hydrogen) atoms. The van der Waals surface area contributed by atoms with Crippen LogP contribution in [0, 0.1) is 0 Å². The molecule has 0 aromatic rings. The smallest absolute Gasteiger partial charge is 0.309 e. The van der Waals surface area contributed by atoms with E-state index >= 15 is 0 Å². The van der Waals surface area contributed by atoms with Gasteiger partial charge in [-0.3, -0.25) is 0 Å². The summed E-state index contributed by atoms with van der Waals surface area (Å²) in [5, 5.41) is 0. The summed E-state index contributed by atoms with van der Waals surface area (Å²) in [5.74, 6) is 0. The minimum atomic E-state index is -2.56. The first-order valence-electron chi connectivity index (χ1n) is 3.56. The highest BCUT2D eigenvalue weighted by molar-refractivity contribution is 7.72. The van der Waals surface area contributed by atoms with Crippen LogP contribution < -0.4 is 0 Å². The lowest BCUT2D eigenvalue weighted by Crippen LogP contribution is -1.90. The predicted octanol–water partition coefficient (Wildman–Crippen LogP) is 3.52. The van der Waals surface area contributed by atoms with E-state index in [1.54, 1.807) is 0 Å². The molecule has 1 rings (SSSR count). The molecule has 0 aromatic heterocycles. The molecule has 10 heteroatoms. The summed E-state index contributed by atoms with van der Waals surface area (Å²) in [6.07, 6.45) is 0. The maximum absolute atomic E-state index is 5.14. The molecule has 1 heterocycles. The van der Waals surface area contributed by atoms with Crippen molar-refractivity contribution in [2.75, 3.05) is 28.4 Å². The van der Waals surface area contributed by atoms with Crippen molar-refractivity contribution >= 4 is 23.8 Å². The second-order valence-electron chi connectivity index (χ2n) is 2.07. The van der Waals surface area contributed by atoms with E-state index < -0.39 is 15.3 Å². The Bertz CT molecular complexity index is 313. The summed E-state index contributed by atoms with van der Waals surface area (Å²) >= 11 is 0. The monoisotopic (exact) mass is 259 g/mol. The van der Waals surface area contributed by atoms with Crippen LogP contribution >= 0.6 is 23.8 Å². The van der Waals surface area contributed by atoms with Gasteiger partial charge in [0.25, 0.3) is 0 Å². The number of hydrogen-bond donors (Lipinski definition) is 0. The summed E-state index contributed by atoms with van der Waals surface area (Å²) in [6, 6.07) is 0. The molecule has 1 aliphatic heterocycles. The molecule has 0 atom stereocenters. The van der Waals surface area contributed by atoms with Crippen LogP contribution in [0.1, 0.15) is 0 Å². The maximum Gasteiger partial charge on any atom is 0.349 e. The Kier molecular flexibility index (Phi) is 4.41. The number of nitrogens with zero attached hydrogens (tertiary/aromatic N) is 3. The van der Waals surface area contributed by atoms with Gasteiger partial charge in [0.2, 0.25) is 0 Å². The van der Waals surface area contributed by atoms with E-state index in [4.69, 9.17) is 18.1 Å². The topological polar surface area (TPSA) is 74.0 Å². The fraction of sp³-hybridized carbons (Fsp3) is 1.00. The molecule has 0 aliphatic carbocycles. The van der Waals surface area contributed by atoms with Gasteiger partial charge in [0.05, 0.1) is 0 Å². The first-order chi connectivity index (χ1) is 6.66. The van der Waals surface area contributed by atoms with Crippen LogP contribution in [-0.4, -0.2) is 28.4 Å². The van der Waals surface area contributed by atoms with Crippen LogP contribution in [0.3, 0.4) is 0 Å². The van der Waals surface area contributed by atoms with Crippen molar-refractivity contribution in [3.8, 4) is 0 Å². The Hall–Kier alpha value is 0.400. The van der Waals surface area contributed by atoms with Crippen LogP contribution in [0.25, 0.3) is 0 Å². The molecule has 0 bridgehead atoms. The molecule has 0 saturated carbocycles. The molecule has 0 aromatic carbocycles. The van der Waals surface area contributed by atoms with E-state index in [0.717, 1.165) is 0 Å². The summed E-state index contributed by atoms with van der Waals surface area (Å²) in [6.45, 7) is 0. The van der Waals surface area contributed by atoms with Gasteiger partial charge in [-0.15, -0.1) is 4.52 Å². The lowest BCUT2D eigenvalue weighted by Gasteiger charge is -2.22. The average Bonchev–Trinajstić information content (AvgIpc) is 2.29. The molecule has 0 radical (unpaired) electrons. The van der Waals surface area contributed by atoms with Crippen molar-refractivity contribution in [1.29, 1.82) is 0 Å².